The fourth-order valence-corrected chi connectivity index (χ4v) is 5.79. The van der Waals surface area contributed by atoms with Gasteiger partial charge in [-0.05, 0) is 85.8 Å². The molecule has 1 fully saturated rings. The summed E-state index contributed by atoms with van der Waals surface area (Å²) in [7, 11) is 1.71. The molecule has 0 saturated heterocycles. The highest BCUT2D eigenvalue weighted by Gasteiger charge is 2.51. The highest BCUT2D eigenvalue weighted by atomic mass is 16.5. The van der Waals surface area contributed by atoms with E-state index < -0.39 is 0 Å². The van der Waals surface area contributed by atoms with Gasteiger partial charge in [-0.3, -0.25) is 0 Å². The van der Waals surface area contributed by atoms with Crippen molar-refractivity contribution in [2.45, 2.75) is 51.6 Å². The molecule has 0 amide bonds. The second-order valence-corrected chi connectivity index (χ2v) is 9.06. The Balaban J connectivity index is 1.51. The lowest BCUT2D eigenvalue weighted by Crippen LogP contribution is -2.40. The molecule has 1 N–H and O–H groups in total. The monoisotopic (exact) mass is 408 g/mol. The number of esters is 1. The number of fused-ring (bicyclic) bond motifs is 1. The first-order valence-corrected chi connectivity index (χ1v) is 11.1. The van der Waals surface area contributed by atoms with Crippen LogP contribution in [0.1, 0.15) is 54.1 Å². The molecule has 0 heterocycles. The molecule has 30 heavy (non-hydrogen) atoms. The smallest absolute Gasteiger partial charge is 0.338 e. The predicted octanol–water partition coefficient (Wildman–Crippen LogP) is 4.82. The van der Waals surface area contributed by atoms with Crippen LogP contribution < -0.4 is 4.74 Å². The molecule has 1 unspecified atom stereocenters. The van der Waals surface area contributed by atoms with Crippen molar-refractivity contribution < 1.29 is 19.4 Å². The zero-order chi connectivity index (χ0) is 21.1. The lowest BCUT2D eigenvalue weighted by Gasteiger charge is -2.41. The minimum Gasteiger partial charge on any atom is -0.497 e. The van der Waals surface area contributed by atoms with E-state index >= 15 is 0 Å². The summed E-state index contributed by atoms with van der Waals surface area (Å²) in [4.78, 5) is 12.7. The van der Waals surface area contributed by atoms with E-state index in [-0.39, 0.29) is 24.1 Å². The maximum Gasteiger partial charge on any atom is 0.338 e. The van der Waals surface area contributed by atoms with Gasteiger partial charge in [-0.2, -0.15) is 0 Å². The number of carbonyl (C=O) groups excluding carboxylic acids is 1. The zero-order valence-corrected chi connectivity index (χ0v) is 18.0. The molecule has 0 radical (unpaired) electrons. The molecule has 2 aliphatic rings. The van der Waals surface area contributed by atoms with Crippen LogP contribution in [-0.4, -0.2) is 30.9 Å². The number of hydrogen-bond acceptors (Lipinski definition) is 4. The molecule has 0 spiro atoms. The SMILES string of the molecule is COc1ccc2c(c1)CCC([C@@H]1CC[C@H](OC(=O)c3ccccc3)[C@@]1(C)CCO)C2. The van der Waals surface area contributed by atoms with E-state index in [0.29, 0.717) is 23.8 Å². The van der Waals surface area contributed by atoms with Crippen molar-refractivity contribution in [3.05, 3.63) is 65.2 Å². The molecule has 2 aromatic rings. The van der Waals surface area contributed by atoms with Crippen molar-refractivity contribution in [3.8, 4) is 5.75 Å². The Morgan fingerprint density at radius 1 is 1.10 bits per heavy atom. The number of benzene rings is 2. The summed E-state index contributed by atoms with van der Waals surface area (Å²) in [6, 6.07) is 15.6. The largest absolute Gasteiger partial charge is 0.497 e. The number of rotatable bonds is 6. The number of carbonyl (C=O) groups is 1. The van der Waals surface area contributed by atoms with Crippen molar-refractivity contribution in [2.75, 3.05) is 13.7 Å². The van der Waals surface area contributed by atoms with Crippen LogP contribution in [-0.2, 0) is 17.6 Å². The minimum atomic E-state index is -0.258. The topological polar surface area (TPSA) is 55.8 Å². The summed E-state index contributed by atoms with van der Waals surface area (Å²) in [5.41, 5.74) is 3.18. The van der Waals surface area contributed by atoms with Gasteiger partial charge >= 0.3 is 5.97 Å². The number of methoxy groups -OCH3 is 1. The van der Waals surface area contributed by atoms with Gasteiger partial charge in [0.05, 0.1) is 12.7 Å². The Labute approximate surface area is 179 Å². The molecule has 4 nitrogen and oxygen atoms in total. The zero-order valence-electron chi connectivity index (χ0n) is 18.0. The minimum absolute atomic E-state index is 0.118. The van der Waals surface area contributed by atoms with Crippen LogP contribution in [0.4, 0.5) is 0 Å². The van der Waals surface area contributed by atoms with E-state index in [1.54, 1.807) is 19.2 Å². The van der Waals surface area contributed by atoms with Gasteiger partial charge in [-0.1, -0.05) is 31.2 Å². The van der Waals surface area contributed by atoms with Gasteiger partial charge in [0, 0.05) is 12.0 Å². The molecule has 4 rings (SSSR count). The average molecular weight is 409 g/mol. The van der Waals surface area contributed by atoms with E-state index in [2.05, 4.69) is 19.1 Å². The van der Waals surface area contributed by atoms with Gasteiger partial charge in [0.2, 0.25) is 0 Å². The molecule has 4 heteroatoms. The molecular weight excluding hydrogens is 376 g/mol. The summed E-state index contributed by atoms with van der Waals surface area (Å²) < 4.78 is 11.4. The van der Waals surface area contributed by atoms with Crippen LogP contribution in [0.15, 0.2) is 48.5 Å². The van der Waals surface area contributed by atoms with Crippen LogP contribution in [0, 0.1) is 17.3 Å². The van der Waals surface area contributed by atoms with Gasteiger partial charge in [-0.25, -0.2) is 4.79 Å². The van der Waals surface area contributed by atoms with E-state index in [4.69, 9.17) is 9.47 Å². The molecular formula is C26H32O4. The third kappa shape index (κ3) is 3.98. The van der Waals surface area contributed by atoms with E-state index in [1.165, 1.54) is 11.1 Å². The number of hydrogen-bond donors (Lipinski definition) is 1. The second-order valence-electron chi connectivity index (χ2n) is 9.06. The second kappa shape index (κ2) is 8.81. The van der Waals surface area contributed by atoms with Gasteiger partial charge in [0.1, 0.15) is 11.9 Å². The third-order valence-electron chi connectivity index (χ3n) is 7.48. The highest BCUT2D eigenvalue weighted by Crippen LogP contribution is 2.53. The highest BCUT2D eigenvalue weighted by molar-refractivity contribution is 5.89. The quantitative estimate of drug-likeness (QED) is 0.696. The normalized spacial score (nSPS) is 28.0. The first kappa shape index (κ1) is 20.9. The van der Waals surface area contributed by atoms with Crippen LogP contribution in [0.5, 0.6) is 5.75 Å². The lowest BCUT2D eigenvalue weighted by atomic mass is 9.65. The summed E-state index contributed by atoms with van der Waals surface area (Å²) in [6.07, 6.45) is 5.65. The molecule has 4 atom stereocenters. The van der Waals surface area contributed by atoms with Crippen LogP contribution in [0.3, 0.4) is 0 Å². The van der Waals surface area contributed by atoms with Crippen LogP contribution >= 0.6 is 0 Å². The fraction of sp³-hybridized carbons (Fsp3) is 0.500. The van der Waals surface area contributed by atoms with Crippen molar-refractivity contribution in [1.82, 2.24) is 0 Å². The van der Waals surface area contributed by atoms with E-state index in [9.17, 15) is 9.90 Å². The van der Waals surface area contributed by atoms with E-state index in [0.717, 1.165) is 37.9 Å². The Bertz CT molecular complexity index is 878. The molecule has 0 bridgehead atoms. The maximum absolute atomic E-state index is 12.7. The molecule has 160 valence electrons. The Kier molecular flexibility index (Phi) is 6.14. The molecule has 0 aliphatic heterocycles. The van der Waals surface area contributed by atoms with Gasteiger partial charge < -0.3 is 14.6 Å². The predicted molar refractivity (Wildman–Crippen MR) is 117 cm³/mol. The molecule has 1 saturated carbocycles. The third-order valence-corrected chi connectivity index (χ3v) is 7.48. The van der Waals surface area contributed by atoms with Gasteiger partial charge in [0.25, 0.3) is 0 Å². The molecule has 2 aromatic carbocycles. The summed E-state index contributed by atoms with van der Waals surface area (Å²) in [6.45, 7) is 2.33. The summed E-state index contributed by atoms with van der Waals surface area (Å²) >= 11 is 0. The average Bonchev–Trinajstić information content (AvgIpc) is 3.09. The number of aliphatic hydroxyl groups excluding tert-OH is 1. The first-order valence-electron chi connectivity index (χ1n) is 11.1. The Hall–Kier alpha value is -2.33. The first-order chi connectivity index (χ1) is 14.5. The summed E-state index contributed by atoms with van der Waals surface area (Å²) in [5.74, 6) is 1.65. The van der Waals surface area contributed by atoms with Gasteiger partial charge in [0.15, 0.2) is 0 Å². The Morgan fingerprint density at radius 3 is 2.63 bits per heavy atom. The standard InChI is InChI=1S/C26H32O4/c1-26(14-15-27)23(12-13-24(26)30-25(28)18-6-4-3-5-7-18)21-9-8-20-17-22(29-2)11-10-19(20)16-21/h3-7,10-11,17,21,23-24,27H,8-9,12-16H2,1-2H3/t21?,23-,24-,26-/m0/s1. The van der Waals surface area contributed by atoms with Crippen molar-refractivity contribution in [3.63, 3.8) is 0 Å². The number of ether oxygens (including phenoxy) is 2. The molecule has 0 aromatic heterocycles. The Morgan fingerprint density at radius 2 is 1.90 bits per heavy atom. The van der Waals surface area contributed by atoms with Crippen molar-refractivity contribution in [1.29, 1.82) is 0 Å². The van der Waals surface area contributed by atoms with Crippen LogP contribution in [0.25, 0.3) is 0 Å². The number of aryl methyl sites for hydroxylation is 1. The lowest BCUT2D eigenvalue weighted by molar-refractivity contribution is -0.0292. The van der Waals surface area contributed by atoms with Crippen molar-refractivity contribution in [2.24, 2.45) is 17.3 Å². The van der Waals surface area contributed by atoms with Gasteiger partial charge in [-0.15, -0.1) is 0 Å². The molecule has 2 aliphatic carbocycles. The number of aliphatic hydroxyl groups is 1. The maximum atomic E-state index is 12.7. The van der Waals surface area contributed by atoms with Crippen LogP contribution in [0.2, 0.25) is 0 Å². The van der Waals surface area contributed by atoms with Crippen molar-refractivity contribution >= 4 is 5.97 Å². The summed E-state index contributed by atoms with van der Waals surface area (Å²) in [5, 5.41) is 9.84. The van der Waals surface area contributed by atoms with E-state index in [1.807, 2.05) is 24.3 Å². The fourth-order valence-electron chi connectivity index (χ4n) is 5.79.